The average molecular weight is 286 g/mol. The molecular weight excluding hydrogens is 264 g/mol. The van der Waals surface area contributed by atoms with Crippen LogP contribution in [0.3, 0.4) is 0 Å². The number of nitrogens with zero attached hydrogens (tertiary/aromatic N) is 2. The van der Waals surface area contributed by atoms with Gasteiger partial charge in [-0.3, -0.25) is 4.79 Å². The van der Waals surface area contributed by atoms with Crippen LogP contribution in [0.1, 0.15) is 37.7 Å². The Kier molecular flexibility index (Phi) is 5.62. The molecule has 0 atom stereocenters. The summed E-state index contributed by atoms with van der Waals surface area (Å²) in [4.78, 5) is 14.0. The molecule has 21 heavy (non-hydrogen) atoms. The zero-order chi connectivity index (χ0) is 15.1. The predicted molar refractivity (Wildman–Crippen MR) is 80.9 cm³/mol. The first-order valence-corrected chi connectivity index (χ1v) is 7.56. The van der Waals surface area contributed by atoms with E-state index >= 15 is 0 Å². The van der Waals surface area contributed by atoms with E-state index in [2.05, 4.69) is 6.07 Å². The van der Waals surface area contributed by atoms with E-state index in [1.54, 1.807) is 4.90 Å². The number of carbonyl (C=O) groups is 1. The second kappa shape index (κ2) is 7.68. The van der Waals surface area contributed by atoms with Gasteiger partial charge in [0, 0.05) is 6.04 Å². The maximum absolute atomic E-state index is 12.3. The maximum atomic E-state index is 12.3. The van der Waals surface area contributed by atoms with Gasteiger partial charge >= 0.3 is 0 Å². The van der Waals surface area contributed by atoms with Crippen LogP contribution in [0.2, 0.25) is 0 Å². The van der Waals surface area contributed by atoms with Crippen LogP contribution in [-0.4, -0.2) is 30.0 Å². The van der Waals surface area contributed by atoms with Gasteiger partial charge in [-0.05, 0) is 37.5 Å². The monoisotopic (exact) mass is 286 g/mol. The van der Waals surface area contributed by atoms with Crippen molar-refractivity contribution in [1.82, 2.24) is 4.90 Å². The van der Waals surface area contributed by atoms with E-state index < -0.39 is 0 Å². The summed E-state index contributed by atoms with van der Waals surface area (Å²) in [5.41, 5.74) is 1.14. The normalized spacial score (nSPS) is 14.7. The van der Waals surface area contributed by atoms with Crippen molar-refractivity contribution in [2.24, 2.45) is 0 Å². The van der Waals surface area contributed by atoms with Crippen molar-refractivity contribution in [2.75, 3.05) is 13.2 Å². The van der Waals surface area contributed by atoms with E-state index in [-0.39, 0.29) is 18.5 Å². The lowest BCUT2D eigenvalue weighted by atomic mass is 10.2. The van der Waals surface area contributed by atoms with Gasteiger partial charge in [-0.2, -0.15) is 5.26 Å². The number of carbonyl (C=O) groups excluding carboxylic acids is 1. The van der Waals surface area contributed by atoms with Crippen molar-refractivity contribution < 1.29 is 9.53 Å². The number of amides is 1. The van der Waals surface area contributed by atoms with E-state index in [1.165, 1.54) is 0 Å². The van der Waals surface area contributed by atoms with Crippen LogP contribution in [0.25, 0.3) is 0 Å². The van der Waals surface area contributed by atoms with Gasteiger partial charge in [-0.1, -0.05) is 25.0 Å². The Labute approximate surface area is 126 Å². The Bertz CT molecular complexity index is 516. The molecule has 0 saturated heterocycles. The van der Waals surface area contributed by atoms with Gasteiger partial charge in [0.25, 0.3) is 0 Å². The lowest BCUT2D eigenvalue weighted by Gasteiger charge is -2.26. The summed E-state index contributed by atoms with van der Waals surface area (Å²) in [6, 6.07) is 10.1. The molecule has 1 fully saturated rings. The second-order valence-electron chi connectivity index (χ2n) is 5.53. The molecule has 1 aromatic rings. The maximum Gasteiger partial charge on any atom is 0.227 e. The summed E-state index contributed by atoms with van der Waals surface area (Å²) in [7, 11) is 0. The Balaban J connectivity index is 1.83. The third-order valence-electron chi connectivity index (χ3n) is 3.90. The standard InChI is InChI=1S/C17H22N2O2/c1-14-5-4-8-16(13-14)21-12-9-17(20)19(11-10-18)15-6-2-3-7-15/h4-5,8,13,15H,2-3,6-7,9,11-12H2,1H3. The summed E-state index contributed by atoms with van der Waals surface area (Å²) < 4.78 is 5.62. The van der Waals surface area contributed by atoms with Crippen molar-refractivity contribution >= 4 is 5.91 Å². The van der Waals surface area contributed by atoms with Crippen LogP contribution in [0.5, 0.6) is 5.75 Å². The molecule has 112 valence electrons. The van der Waals surface area contributed by atoms with Crippen LogP contribution in [0, 0.1) is 18.3 Å². The molecule has 0 radical (unpaired) electrons. The van der Waals surface area contributed by atoms with Gasteiger partial charge in [-0.15, -0.1) is 0 Å². The molecule has 0 aromatic heterocycles. The van der Waals surface area contributed by atoms with E-state index in [1.807, 2.05) is 31.2 Å². The van der Waals surface area contributed by atoms with Crippen LogP contribution in [0.15, 0.2) is 24.3 Å². The molecule has 1 aliphatic carbocycles. The highest BCUT2D eigenvalue weighted by molar-refractivity contribution is 5.77. The number of hydrogen-bond donors (Lipinski definition) is 0. The molecule has 1 saturated carbocycles. The smallest absolute Gasteiger partial charge is 0.227 e. The molecule has 1 amide bonds. The van der Waals surface area contributed by atoms with E-state index in [4.69, 9.17) is 10.00 Å². The fourth-order valence-electron chi connectivity index (χ4n) is 2.82. The minimum absolute atomic E-state index is 0.0242. The number of nitriles is 1. The van der Waals surface area contributed by atoms with Crippen molar-refractivity contribution in [3.8, 4) is 11.8 Å². The zero-order valence-electron chi connectivity index (χ0n) is 12.5. The fraction of sp³-hybridized carbons (Fsp3) is 0.529. The van der Waals surface area contributed by atoms with Gasteiger partial charge in [-0.25, -0.2) is 0 Å². The zero-order valence-corrected chi connectivity index (χ0v) is 12.5. The molecule has 4 heteroatoms. The SMILES string of the molecule is Cc1cccc(OCCC(=O)N(CC#N)C2CCCC2)c1. The average Bonchev–Trinajstić information content (AvgIpc) is 2.98. The summed E-state index contributed by atoms with van der Waals surface area (Å²) in [5.74, 6) is 0.812. The van der Waals surface area contributed by atoms with Crippen molar-refractivity contribution in [2.45, 2.75) is 45.1 Å². The Morgan fingerprint density at radius 2 is 2.19 bits per heavy atom. The number of rotatable bonds is 6. The molecular formula is C17H22N2O2. The van der Waals surface area contributed by atoms with Gasteiger partial charge in [0.05, 0.1) is 19.1 Å². The van der Waals surface area contributed by atoms with Gasteiger partial charge in [0.2, 0.25) is 5.91 Å². The number of ether oxygens (including phenoxy) is 1. The van der Waals surface area contributed by atoms with Crippen LogP contribution < -0.4 is 4.74 Å². The minimum atomic E-state index is 0.0242. The Morgan fingerprint density at radius 1 is 1.43 bits per heavy atom. The quantitative estimate of drug-likeness (QED) is 0.755. The first kappa shape index (κ1) is 15.4. The first-order chi connectivity index (χ1) is 10.2. The van der Waals surface area contributed by atoms with Crippen molar-refractivity contribution in [3.63, 3.8) is 0 Å². The summed E-state index contributed by atoms with van der Waals surface area (Å²) >= 11 is 0. The largest absolute Gasteiger partial charge is 0.493 e. The van der Waals surface area contributed by atoms with Crippen molar-refractivity contribution in [1.29, 1.82) is 5.26 Å². The second-order valence-corrected chi connectivity index (χ2v) is 5.53. The third kappa shape index (κ3) is 4.49. The molecule has 0 N–H and O–H groups in total. The van der Waals surface area contributed by atoms with E-state index in [0.29, 0.717) is 13.0 Å². The highest BCUT2D eigenvalue weighted by Gasteiger charge is 2.26. The molecule has 1 aromatic carbocycles. The molecule has 2 rings (SSSR count). The van der Waals surface area contributed by atoms with Crippen molar-refractivity contribution in [3.05, 3.63) is 29.8 Å². The van der Waals surface area contributed by atoms with Gasteiger partial charge < -0.3 is 9.64 Å². The lowest BCUT2D eigenvalue weighted by molar-refractivity contribution is -0.133. The molecule has 4 nitrogen and oxygen atoms in total. The number of hydrogen-bond acceptors (Lipinski definition) is 3. The van der Waals surface area contributed by atoms with Gasteiger partial charge in [0.15, 0.2) is 0 Å². The topological polar surface area (TPSA) is 53.3 Å². The third-order valence-corrected chi connectivity index (χ3v) is 3.90. The Morgan fingerprint density at radius 3 is 2.86 bits per heavy atom. The summed E-state index contributed by atoms with van der Waals surface area (Å²) in [6.45, 7) is 2.55. The van der Waals surface area contributed by atoms with Crippen LogP contribution >= 0.6 is 0 Å². The first-order valence-electron chi connectivity index (χ1n) is 7.56. The van der Waals surface area contributed by atoms with E-state index in [0.717, 1.165) is 37.0 Å². The minimum Gasteiger partial charge on any atom is -0.493 e. The molecule has 0 bridgehead atoms. The highest BCUT2D eigenvalue weighted by atomic mass is 16.5. The number of aryl methyl sites for hydroxylation is 1. The van der Waals surface area contributed by atoms with Crippen LogP contribution in [-0.2, 0) is 4.79 Å². The van der Waals surface area contributed by atoms with Crippen LogP contribution in [0.4, 0.5) is 0 Å². The fourth-order valence-corrected chi connectivity index (χ4v) is 2.82. The molecule has 0 spiro atoms. The predicted octanol–water partition coefficient (Wildman–Crippen LogP) is 3.06. The molecule has 1 aliphatic rings. The highest BCUT2D eigenvalue weighted by Crippen LogP contribution is 2.23. The lowest BCUT2D eigenvalue weighted by Crippen LogP contribution is -2.39. The molecule has 0 aliphatic heterocycles. The van der Waals surface area contributed by atoms with Gasteiger partial charge in [0.1, 0.15) is 12.3 Å². The van der Waals surface area contributed by atoms with E-state index in [9.17, 15) is 4.79 Å². The Hall–Kier alpha value is -2.02. The summed E-state index contributed by atoms with van der Waals surface area (Å²) in [5, 5.41) is 8.90. The number of benzene rings is 1. The summed E-state index contributed by atoms with van der Waals surface area (Å²) in [6.07, 6.45) is 4.67. The molecule has 0 unspecified atom stereocenters. The molecule has 0 heterocycles.